The maximum Gasteiger partial charge on any atom is 0.264 e. The summed E-state index contributed by atoms with van der Waals surface area (Å²) in [6.07, 6.45) is 2.85. The number of hydrogen-bond donors (Lipinski definition) is 2. The molecule has 0 radical (unpaired) electrons. The molecule has 0 aliphatic rings. The van der Waals surface area contributed by atoms with Crippen molar-refractivity contribution in [2.24, 2.45) is 0 Å². The number of rotatable bonds is 7. The number of sulfonamides is 1. The summed E-state index contributed by atoms with van der Waals surface area (Å²) < 4.78 is 39.8. The van der Waals surface area contributed by atoms with Gasteiger partial charge in [0.1, 0.15) is 5.82 Å². The average Bonchev–Trinajstić information content (AvgIpc) is 2.68. The molecule has 0 atom stereocenters. The largest absolute Gasteiger partial charge is 0.325 e. The van der Waals surface area contributed by atoms with Crippen LogP contribution in [0.3, 0.4) is 0 Å². The molecule has 0 aliphatic carbocycles. The predicted octanol–water partition coefficient (Wildman–Crippen LogP) is 3.15. The van der Waals surface area contributed by atoms with E-state index in [1.807, 2.05) is 0 Å². The summed E-state index contributed by atoms with van der Waals surface area (Å²) in [5.41, 5.74) is 0.458. The Morgan fingerprint density at radius 2 is 1.64 bits per heavy atom. The van der Waals surface area contributed by atoms with E-state index in [0.717, 1.165) is 4.90 Å². The lowest BCUT2D eigenvalue weighted by molar-refractivity contribution is -0.113. The lowest BCUT2D eigenvalue weighted by atomic mass is 10.3. The number of benzene rings is 2. The van der Waals surface area contributed by atoms with Crippen LogP contribution in [0.2, 0.25) is 0 Å². The summed E-state index contributed by atoms with van der Waals surface area (Å²) in [4.78, 5) is 20.4. The van der Waals surface area contributed by atoms with Gasteiger partial charge in [0.15, 0.2) is 0 Å². The van der Waals surface area contributed by atoms with Crippen molar-refractivity contribution in [1.82, 2.24) is 9.97 Å². The van der Waals surface area contributed by atoms with Crippen molar-refractivity contribution in [2.75, 3.05) is 15.8 Å². The van der Waals surface area contributed by atoms with E-state index in [4.69, 9.17) is 0 Å². The number of nitrogens with zero attached hydrogens (tertiary/aromatic N) is 2. The summed E-state index contributed by atoms with van der Waals surface area (Å²) in [5, 5.41) is 2.68. The third kappa shape index (κ3) is 5.51. The fraction of sp³-hybridized carbons (Fsp3) is 0.0556. The summed E-state index contributed by atoms with van der Waals surface area (Å²) in [7, 11) is -3.83. The number of hydrogen-bond acceptors (Lipinski definition) is 6. The summed E-state index contributed by atoms with van der Waals surface area (Å²) in [5.74, 6) is -0.492. The minimum absolute atomic E-state index is 0.0126. The molecule has 0 aliphatic heterocycles. The van der Waals surface area contributed by atoms with E-state index in [-0.39, 0.29) is 28.3 Å². The number of thioether (sulfide) groups is 1. The zero-order chi connectivity index (χ0) is 20.0. The minimum atomic E-state index is -3.83. The highest BCUT2D eigenvalue weighted by Gasteiger charge is 2.15. The molecule has 7 nitrogen and oxygen atoms in total. The Hall–Kier alpha value is -2.98. The molecule has 28 heavy (non-hydrogen) atoms. The van der Waals surface area contributed by atoms with Gasteiger partial charge in [-0.2, -0.15) is 0 Å². The van der Waals surface area contributed by atoms with Gasteiger partial charge in [0, 0.05) is 23.0 Å². The molecule has 3 rings (SSSR count). The Kier molecular flexibility index (Phi) is 6.22. The van der Waals surface area contributed by atoms with E-state index in [1.54, 1.807) is 18.2 Å². The molecule has 0 saturated carbocycles. The van der Waals surface area contributed by atoms with E-state index in [9.17, 15) is 17.6 Å². The number of carbonyl (C=O) groups excluding carboxylic acids is 1. The van der Waals surface area contributed by atoms with Crippen molar-refractivity contribution >= 4 is 39.3 Å². The summed E-state index contributed by atoms with van der Waals surface area (Å²) >= 11 is 1.27. The van der Waals surface area contributed by atoms with E-state index < -0.39 is 10.0 Å². The molecule has 1 aromatic heterocycles. The van der Waals surface area contributed by atoms with Crippen LogP contribution in [0.5, 0.6) is 0 Å². The van der Waals surface area contributed by atoms with E-state index in [2.05, 4.69) is 20.0 Å². The molecule has 0 saturated heterocycles. The minimum Gasteiger partial charge on any atom is -0.325 e. The van der Waals surface area contributed by atoms with Crippen molar-refractivity contribution < 1.29 is 17.6 Å². The van der Waals surface area contributed by atoms with Crippen LogP contribution >= 0.6 is 11.8 Å². The third-order valence-electron chi connectivity index (χ3n) is 3.42. The molecule has 0 spiro atoms. The first kappa shape index (κ1) is 19.8. The molecule has 144 valence electrons. The molecule has 0 bridgehead atoms. The van der Waals surface area contributed by atoms with Crippen molar-refractivity contribution in [3.8, 4) is 0 Å². The van der Waals surface area contributed by atoms with Crippen molar-refractivity contribution in [1.29, 1.82) is 0 Å². The molecule has 3 aromatic rings. The van der Waals surface area contributed by atoms with Gasteiger partial charge in [0.2, 0.25) is 11.9 Å². The van der Waals surface area contributed by atoms with Crippen LogP contribution < -0.4 is 10.0 Å². The van der Waals surface area contributed by atoms with Crippen LogP contribution in [0.25, 0.3) is 0 Å². The second-order valence-corrected chi connectivity index (χ2v) is 8.22. The quantitative estimate of drug-likeness (QED) is 0.572. The molecule has 10 heteroatoms. The predicted molar refractivity (Wildman–Crippen MR) is 105 cm³/mol. The van der Waals surface area contributed by atoms with Crippen molar-refractivity contribution in [3.05, 3.63) is 72.8 Å². The maximum atomic E-state index is 12.9. The van der Waals surface area contributed by atoms with Crippen LogP contribution in [0.15, 0.2) is 76.8 Å². The average molecular weight is 418 g/mol. The second-order valence-electron chi connectivity index (χ2n) is 5.49. The fourth-order valence-corrected chi connectivity index (χ4v) is 3.78. The van der Waals surface area contributed by atoms with Crippen LogP contribution in [-0.2, 0) is 14.8 Å². The zero-order valence-electron chi connectivity index (χ0n) is 14.4. The van der Waals surface area contributed by atoms with Gasteiger partial charge >= 0.3 is 0 Å². The summed E-state index contributed by atoms with van der Waals surface area (Å²) in [6, 6.07) is 13.1. The van der Waals surface area contributed by atoms with Gasteiger partial charge in [0.05, 0.1) is 10.6 Å². The Balaban J connectivity index is 1.57. The van der Waals surface area contributed by atoms with Crippen molar-refractivity contribution in [3.63, 3.8) is 0 Å². The SMILES string of the molecule is O=C(CSc1ccc(F)cc1)Nc1ccc(S(=O)(=O)Nc2ncccn2)cc1. The molecular formula is C18H15FN4O3S2. The Bertz CT molecular complexity index is 1040. The number of nitrogens with one attached hydrogen (secondary N) is 2. The Labute approximate surface area is 165 Å². The molecule has 1 amide bonds. The van der Waals surface area contributed by atoms with Crippen LogP contribution in [0.4, 0.5) is 16.0 Å². The number of anilines is 2. The number of carbonyl (C=O) groups is 1. The van der Waals surface area contributed by atoms with Gasteiger partial charge in [-0.05, 0) is 54.6 Å². The van der Waals surface area contributed by atoms with E-state index in [0.29, 0.717) is 5.69 Å². The van der Waals surface area contributed by atoms with Crippen LogP contribution in [0.1, 0.15) is 0 Å². The van der Waals surface area contributed by atoms with Crippen molar-refractivity contribution in [2.45, 2.75) is 9.79 Å². The van der Waals surface area contributed by atoms with Crippen LogP contribution in [-0.4, -0.2) is 30.0 Å². The number of amides is 1. The van der Waals surface area contributed by atoms with Gasteiger partial charge in [-0.1, -0.05) is 0 Å². The molecule has 2 aromatic carbocycles. The molecule has 1 heterocycles. The molecular weight excluding hydrogens is 403 g/mol. The van der Waals surface area contributed by atoms with Gasteiger partial charge in [-0.15, -0.1) is 11.8 Å². The Morgan fingerprint density at radius 1 is 1.00 bits per heavy atom. The maximum absolute atomic E-state index is 12.9. The monoisotopic (exact) mass is 418 g/mol. The standard InChI is InChI=1S/C18H15FN4O3S2/c19-13-2-6-15(7-3-13)27-12-17(24)22-14-4-8-16(9-5-14)28(25,26)23-18-20-10-1-11-21-18/h1-11H,12H2,(H,22,24)(H,20,21,23). The lowest BCUT2D eigenvalue weighted by Crippen LogP contribution is -2.16. The second kappa shape index (κ2) is 8.81. The first-order chi connectivity index (χ1) is 13.4. The molecule has 2 N–H and O–H groups in total. The van der Waals surface area contributed by atoms with Gasteiger partial charge < -0.3 is 5.32 Å². The van der Waals surface area contributed by atoms with E-state index in [1.165, 1.54) is 60.6 Å². The Morgan fingerprint density at radius 3 is 2.29 bits per heavy atom. The highest BCUT2D eigenvalue weighted by Crippen LogP contribution is 2.20. The van der Waals surface area contributed by atoms with Gasteiger partial charge in [-0.25, -0.2) is 27.5 Å². The van der Waals surface area contributed by atoms with Gasteiger partial charge in [-0.3, -0.25) is 4.79 Å². The first-order valence-corrected chi connectivity index (χ1v) is 10.5. The molecule has 0 unspecified atom stereocenters. The first-order valence-electron chi connectivity index (χ1n) is 8.00. The highest BCUT2D eigenvalue weighted by atomic mass is 32.2. The third-order valence-corrected chi connectivity index (χ3v) is 5.78. The van der Waals surface area contributed by atoms with Gasteiger partial charge in [0.25, 0.3) is 10.0 Å². The normalized spacial score (nSPS) is 11.0. The summed E-state index contributed by atoms with van der Waals surface area (Å²) in [6.45, 7) is 0. The zero-order valence-corrected chi connectivity index (χ0v) is 16.0. The fourth-order valence-electron chi connectivity index (χ4n) is 2.13. The topological polar surface area (TPSA) is 101 Å². The smallest absolute Gasteiger partial charge is 0.264 e. The lowest BCUT2D eigenvalue weighted by Gasteiger charge is -2.08. The van der Waals surface area contributed by atoms with Crippen LogP contribution in [0, 0.1) is 5.82 Å². The van der Waals surface area contributed by atoms with E-state index >= 15 is 0 Å². The number of aromatic nitrogens is 2. The molecule has 0 fully saturated rings. The highest BCUT2D eigenvalue weighted by molar-refractivity contribution is 8.00. The number of halogens is 1.